The first-order valence-corrected chi connectivity index (χ1v) is 7.56. The summed E-state index contributed by atoms with van der Waals surface area (Å²) in [7, 11) is 0. The molecule has 0 aromatic rings. The van der Waals surface area contributed by atoms with Crippen LogP contribution in [0.25, 0.3) is 0 Å². The number of hydrogen-bond donors (Lipinski definition) is 2. The van der Waals surface area contributed by atoms with Gasteiger partial charge in [-0.1, -0.05) is 27.7 Å². The fourth-order valence-corrected chi connectivity index (χ4v) is 2.59. The summed E-state index contributed by atoms with van der Waals surface area (Å²) in [4.78, 5) is 4.88. The van der Waals surface area contributed by atoms with Gasteiger partial charge in [0.1, 0.15) is 0 Å². The highest BCUT2D eigenvalue weighted by Crippen LogP contribution is 2.10. The van der Waals surface area contributed by atoms with Crippen LogP contribution >= 0.6 is 0 Å². The summed E-state index contributed by atoms with van der Waals surface area (Å²) >= 11 is 0. The molecule has 0 aliphatic heterocycles. The monoisotopic (exact) mass is 258 g/mol. The number of likely N-dealkylation sites (N-methyl/N-ethyl adjacent to an activating group) is 1. The molecule has 4 nitrogen and oxygen atoms in total. The van der Waals surface area contributed by atoms with Crippen LogP contribution in [-0.4, -0.2) is 61.2 Å². The van der Waals surface area contributed by atoms with Crippen molar-refractivity contribution in [2.45, 2.75) is 52.6 Å². The molecule has 2 atom stereocenters. The van der Waals surface area contributed by atoms with Gasteiger partial charge in [0, 0.05) is 12.1 Å². The minimum atomic E-state index is 0.231. The lowest BCUT2D eigenvalue weighted by Gasteiger charge is -2.35. The van der Waals surface area contributed by atoms with Crippen molar-refractivity contribution in [3.8, 4) is 0 Å². The van der Waals surface area contributed by atoms with Crippen molar-refractivity contribution < 1.29 is 0 Å². The normalized spacial score (nSPS) is 15.3. The van der Waals surface area contributed by atoms with Gasteiger partial charge in [0.05, 0.1) is 0 Å². The van der Waals surface area contributed by atoms with Crippen LogP contribution in [-0.2, 0) is 0 Å². The number of nitrogens with two attached hydrogens (primary N) is 2. The molecule has 2 unspecified atom stereocenters. The lowest BCUT2D eigenvalue weighted by molar-refractivity contribution is 0.166. The van der Waals surface area contributed by atoms with Gasteiger partial charge in [0.15, 0.2) is 0 Å². The van der Waals surface area contributed by atoms with E-state index in [0.717, 1.165) is 52.1 Å². The van der Waals surface area contributed by atoms with E-state index in [1.807, 2.05) is 0 Å². The third-order valence-electron chi connectivity index (χ3n) is 3.91. The van der Waals surface area contributed by atoms with E-state index >= 15 is 0 Å². The molecule has 0 saturated heterocycles. The minimum absolute atomic E-state index is 0.231. The first-order chi connectivity index (χ1) is 8.64. The third kappa shape index (κ3) is 6.14. The predicted octanol–water partition coefficient (Wildman–Crippen LogP) is 1.10. The van der Waals surface area contributed by atoms with Gasteiger partial charge in [-0.05, 0) is 52.1 Å². The van der Waals surface area contributed by atoms with Crippen molar-refractivity contribution >= 4 is 0 Å². The average Bonchev–Trinajstić information content (AvgIpc) is 2.40. The van der Waals surface area contributed by atoms with E-state index in [1.165, 1.54) is 0 Å². The van der Waals surface area contributed by atoms with Crippen molar-refractivity contribution in [3.05, 3.63) is 0 Å². The molecule has 0 aromatic carbocycles. The van der Waals surface area contributed by atoms with E-state index in [1.54, 1.807) is 0 Å². The Morgan fingerprint density at radius 3 is 1.83 bits per heavy atom. The molecule has 0 aliphatic rings. The Kier molecular flexibility index (Phi) is 10.6. The molecule has 0 spiro atoms. The minimum Gasteiger partial charge on any atom is -0.330 e. The molecule has 0 aromatic heterocycles. The van der Waals surface area contributed by atoms with Crippen molar-refractivity contribution in [1.29, 1.82) is 0 Å². The summed E-state index contributed by atoms with van der Waals surface area (Å²) in [6.45, 7) is 14.9. The second-order valence-corrected chi connectivity index (χ2v) is 4.85. The SMILES string of the molecule is CCN(CC)CCC(N)C(CCN)N(CC)CC. The smallest absolute Gasteiger partial charge is 0.0259 e. The zero-order valence-corrected chi connectivity index (χ0v) is 12.9. The highest BCUT2D eigenvalue weighted by atomic mass is 15.2. The largest absolute Gasteiger partial charge is 0.330 e. The fraction of sp³-hybridized carbons (Fsp3) is 1.00. The summed E-state index contributed by atoms with van der Waals surface area (Å²) in [5, 5.41) is 0. The van der Waals surface area contributed by atoms with Crippen molar-refractivity contribution in [1.82, 2.24) is 9.80 Å². The summed E-state index contributed by atoms with van der Waals surface area (Å²) < 4.78 is 0. The Morgan fingerprint density at radius 2 is 1.44 bits per heavy atom. The van der Waals surface area contributed by atoms with E-state index < -0.39 is 0 Å². The van der Waals surface area contributed by atoms with Gasteiger partial charge < -0.3 is 16.4 Å². The molecular formula is C14H34N4. The Morgan fingerprint density at radius 1 is 0.889 bits per heavy atom. The van der Waals surface area contributed by atoms with Gasteiger partial charge >= 0.3 is 0 Å². The third-order valence-corrected chi connectivity index (χ3v) is 3.91. The van der Waals surface area contributed by atoms with Crippen LogP contribution in [0.4, 0.5) is 0 Å². The van der Waals surface area contributed by atoms with E-state index in [9.17, 15) is 0 Å². The van der Waals surface area contributed by atoms with E-state index in [2.05, 4.69) is 37.5 Å². The summed E-state index contributed by atoms with van der Waals surface area (Å²) in [5.41, 5.74) is 12.1. The lowest BCUT2D eigenvalue weighted by Crippen LogP contribution is -2.49. The molecule has 0 aliphatic carbocycles. The molecule has 0 rings (SSSR count). The maximum Gasteiger partial charge on any atom is 0.0259 e. The van der Waals surface area contributed by atoms with Crippen LogP contribution in [0.2, 0.25) is 0 Å². The van der Waals surface area contributed by atoms with Crippen LogP contribution < -0.4 is 11.5 Å². The first kappa shape index (κ1) is 17.8. The molecule has 0 amide bonds. The van der Waals surface area contributed by atoms with Crippen molar-refractivity contribution in [2.75, 3.05) is 39.3 Å². The van der Waals surface area contributed by atoms with E-state index in [0.29, 0.717) is 6.04 Å². The zero-order valence-electron chi connectivity index (χ0n) is 12.9. The van der Waals surface area contributed by atoms with Crippen LogP contribution in [0, 0.1) is 0 Å². The predicted molar refractivity (Wildman–Crippen MR) is 80.8 cm³/mol. The number of rotatable bonds is 11. The highest BCUT2D eigenvalue weighted by molar-refractivity contribution is 4.82. The molecule has 0 radical (unpaired) electrons. The Bertz CT molecular complexity index is 179. The molecule has 0 fully saturated rings. The Hall–Kier alpha value is -0.160. The fourth-order valence-electron chi connectivity index (χ4n) is 2.59. The molecular weight excluding hydrogens is 224 g/mol. The van der Waals surface area contributed by atoms with Gasteiger partial charge in [-0.2, -0.15) is 0 Å². The van der Waals surface area contributed by atoms with Crippen molar-refractivity contribution in [3.63, 3.8) is 0 Å². The zero-order chi connectivity index (χ0) is 14.0. The van der Waals surface area contributed by atoms with Gasteiger partial charge in [0.25, 0.3) is 0 Å². The van der Waals surface area contributed by atoms with Gasteiger partial charge in [-0.3, -0.25) is 4.90 Å². The van der Waals surface area contributed by atoms with Crippen LogP contribution in [0.5, 0.6) is 0 Å². The molecule has 0 saturated carbocycles. The second kappa shape index (κ2) is 10.7. The Balaban J connectivity index is 4.32. The molecule has 0 heterocycles. The molecule has 4 N–H and O–H groups in total. The van der Waals surface area contributed by atoms with Crippen LogP contribution in [0.15, 0.2) is 0 Å². The summed E-state index contributed by atoms with van der Waals surface area (Å²) in [6, 6.07) is 0.662. The van der Waals surface area contributed by atoms with Crippen LogP contribution in [0.3, 0.4) is 0 Å². The summed E-state index contributed by atoms with van der Waals surface area (Å²) in [5.74, 6) is 0. The second-order valence-electron chi connectivity index (χ2n) is 4.85. The Labute approximate surface area is 114 Å². The van der Waals surface area contributed by atoms with E-state index in [-0.39, 0.29) is 6.04 Å². The maximum absolute atomic E-state index is 6.39. The quantitative estimate of drug-likeness (QED) is 0.583. The number of hydrogen-bond acceptors (Lipinski definition) is 4. The van der Waals surface area contributed by atoms with E-state index in [4.69, 9.17) is 11.5 Å². The standard InChI is InChI=1S/C14H34N4/c1-5-17(6-2)12-10-13(16)14(9-11-15)18(7-3)8-4/h13-14H,5-12,15-16H2,1-4H3. The average molecular weight is 258 g/mol. The highest BCUT2D eigenvalue weighted by Gasteiger charge is 2.22. The molecule has 110 valence electrons. The topological polar surface area (TPSA) is 58.5 Å². The lowest BCUT2D eigenvalue weighted by atomic mass is 10.00. The molecule has 4 heteroatoms. The molecule has 18 heavy (non-hydrogen) atoms. The maximum atomic E-state index is 6.39. The first-order valence-electron chi connectivity index (χ1n) is 7.56. The van der Waals surface area contributed by atoms with Crippen LogP contribution in [0.1, 0.15) is 40.5 Å². The van der Waals surface area contributed by atoms with Gasteiger partial charge in [-0.25, -0.2) is 0 Å². The van der Waals surface area contributed by atoms with Crippen molar-refractivity contribution in [2.24, 2.45) is 11.5 Å². The van der Waals surface area contributed by atoms with Gasteiger partial charge in [-0.15, -0.1) is 0 Å². The summed E-state index contributed by atoms with van der Waals surface area (Å²) in [6.07, 6.45) is 2.06. The number of nitrogens with zero attached hydrogens (tertiary/aromatic N) is 2. The van der Waals surface area contributed by atoms with Gasteiger partial charge in [0.2, 0.25) is 0 Å². The molecule has 0 bridgehead atoms.